The zero-order valence-corrected chi connectivity index (χ0v) is 7.63. The quantitative estimate of drug-likeness (QED) is 0.552. The fourth-order valence-corrected chi connectivity index (χ4v) is 0.685. The topological polar surface area (TPSA) is 12.9 Å². The van der Waals surface area contributed by atoms with E-state index in [1.165, 1.54) is 6.07 Å². The van der Waals surface area contributed by atoms with E-state index in [0.717, 1.165) is 11.8 Å². The van der Waals surface area contributed by atoms with E-state index in [0.29, 0.717) is 5.69 Å². The highest BCUT2D eigenvalue weighted by Crippen LogP contribution is 1.96. The fraction of sp³-hybridized carbons (Fsp3) is 0.182. The monoisotopic (exact) mass is 175 g/mol. The van der Waals surface area contributed by atoms with Crippen molar-refractivity contribution in [2.24, 2.45) is 0 Å². The summed E-state index contributed by atoms with van der Waals surface area (Å²) in [6.45, 7) is 3.83. The molecule has 0 unspecified atom stereocenters. The lowest BCUT2D eigenvalue weighted by Gasteiger charge is -1.88. The van der Waals surface area contributed by atoms with Crippen LogP contribution in [-0.2, 0) is 0 Å². The molecule has 66 valence electrons. The molecule has 0 fully saturated rings. The van der Waals surface area contributed by atoms with E-state index >= 15 is 0 Å². The third kappa shape index (κ3) is 3.08. The van der Waals surface area contributed by atoms with Crippen molar-refractivity contribution in [3.63, 3.8) is 0 Å². The first-order valence-corrected chi connectivity index (χ1v) is 3.99. The molecule has 1 nitrogen and oxygen atoms in total. The van der Waals surface area contributed by atoms with Crippen molar-refractivity contribution in [2.45, 2.75) is 13.8 Å². The summed E-state index contributed by atoms with van der Waals surface area (Å²) >= 11 is 0. The van der Waals surface area contributed by atoms with Gasteiger partial charge in [-0.2, -0.15) is 0 Å². The highest BCUT2D eigenvalue weighted by molar-refractivity contribution is 5.35. The summed E-state index contributed by atoms with van der Waals surface area (Å²) in [4.78, 5) is 3.81. The molecule has 0 aliphatic heterocycles. The molecule has 0 aromatic carbocycles. The number of hydrogen-bond donors (Lipinski definition) is 0. The van der Waals surface area contributed by atoms with Gasteiger partial charge in [0.15, 0.2) is 0 Å². The molecule has 0 atom stereocenters. The van der Waals surface area contributed by atoms with E-state index in [4.69, 9.17) is 0 Å². The van der Waals surface area contributed by atoms with Crippen molar-refractivity contribution in [1.29, 1.82) is 0 Å². The van der Waals surface area contributed by atoms with Crippen LogP contribution in [0.4, 0.5) is 4.39 Å². The standard InChI is InChI=1S/C11H10FN/c1-3-9(2)4-6-11-7-5-10(12)8-13-11/h3,5,7-8H,1-2H3. The Kier molecular flexibility index (Phi) is 3.22. The zero-order chi connectivity index (χ0) is 9.68. The van der Waals surface area contributed by atoms with E-state index in [1.54, 1.807) is 6.07 Å². The number of nitrogens with zero attached hydrogens (tertiary/aromatic N) is 1. The van der Waals surface area contributed by atoms with Gasteiger partial charge in [-0.05, 0) is 37.5 Å². The maximum atomic E-state index is 12.4. The van der Waals surface area contributed by atoms with Gasteiger partial charge in [0.25, 0.3) is 0 Å². The van der Waals surface area contributed by atoms with E-state index in [1.807, 2.05) is 19.9 Å². The molecule has 13 heavy (non-hydrogen) atoms. The van der Waals surface area contributed by atoms with E-state index in [9.17, 15) is 4.39 Å². The third-order valence-electron chi connectivity index (χ3n) is 1.55. The van der Waals surface area contributed by atoms with Crippen molar-refractivity contribution in [3.05, 3.63) is 41.5 Å². The minimum atomic E-state index is -0.340. The maximum absolute atomic E-state index is 12.4. The van der Waals surface area contributed by atoms with Gasteiger partial charge in [0, 0.05) is 0 Å². The molecule has 0 amide bonds. The Morgan fingerprint density at radius 1 is 1.54 bits per heavy atom. The minimum absolute atomic E-state index is 0.340. The lowest BCUT2D eigenvalue weighted by atomic mass is 10.3. The molecule has 0 radical (unpaired) electrons. The van der Waals surface area contributed by atoms with E-state index in [-0.39, 0.29) is 5.82 Å². The van der Waals surface area contributed by atoms with Gasteiger partial charge in [0.05, 0.1) is 6.20 Å². The number of hydrogen-bond acceptors (Lipinski definition) is 1. The number of halogens is 1. The molecule has 1 aromatic heterocycles. The molecule has 0 spiro atoms. The van der Waals surface area contributed by atoms with Crippen LogP contribution >= 0.6 is 0 Å². The number of pyridine rings is 1. The molecule has 0 aliphatic rings. The van der Waals surface area contributed by atoms with Crippen LogP contribution in [0.25, 0.3) is 0 Å². The number of allylic oxidation sites excluding steroid dienone is 2. The van der Waals surface area contributed by atoms with E-state index < -0.39 is 0 Å². The first-order valence-electron chi connectivity index (χ1n) is 3.99. The molecular formula is C11H10FN. The van der Waals surface area contributed by atoms with Crippen LogP contribution in [0.2, 0.25) is 0 Å². The average Bonchev–Trinajstić information content (AvgIpc) is 2.16. The van der Waals surface area contributed by atoms with Crippen LogP contribution in [0.5, 0.6) is 0 Å². The van der Waals surface area contributed by atoms with Gasteiger partial charge in [-0.15, -0.1) is 0 Å². The Bertz CT molecular complexity index is 365. The second kappa shape index (κ2) is 4.42. The predicted octanol–water partition coefficient (Wildman–Crippen LogP) is 2.54. The van der Waals surface area contributed by atoms with Gasteiger partial charge in [0.2, 0.25) is 0 Å². The second-order valence-corrected chi connectivity index (χ2v) is 2.58. The van der Waals surface area contributed by atoms with Crippen LogP contribution in [0, 0.1) is 17.7 Å². The first kappa shape index (κ1) is 9.47. The zero-order valence-electron chi connectivity index (χ0n) is 7.63. The Hall–Kier alpha value is -1.62. The van der Waals surface area contributed by atoms with Crippen LogP contribution in [0.15, 0.2) is 30.0 Å². The molecule has 2 heteroatoms. The number of rotatable bonds is 0. The summed E-state index contributed by atoms with van der Waals surface area (Å²) in [5, 5.41) is 0. The van der Waals surface area contributed by atoms with Crippen molar-refractivity contribution >= 4 is 0 Å². The molecule has 1 rings (SSSR count). The smallest absolute Gasteiger partial charge is 0.141 e. The summed E-state index contributed by atoms with van der Waals surface area (Å²) in [5.74, 6) is 5.38. The third-order valence-corrected chi connectivity index (χ3v) is 1.55. The van der Waals surface area contributed by atoms with Crippen LogP contribution in [-0.4, -0.2) is 4.98 Å². The van der Waals surface area contributed by atoms with Crippen LogP contribution in [0.1, 0.15) is 19.5 Å². The summed E-state index contributed by atoms with van der Waals surface area (Å²) in [5.41, 5.74) is 1.56. The van der Waals surface area contributed by atoms with Gasteiger partial charge in [-0.3, -0.25) is 0 Å². The van der Waals surface area contributed by atoms with Gasteiger partial charge in [0.1, 0.15) is 11.5 Å². The summed E-state index contributed by atoms with van der Waals surface area (Å²) in [6.07, 6.45) is 3.07. The van der Waals surface area contributed by atoms with Crippen molar-refractivity contribution in [3.8, 4) is 11.8 Å². The molecule has 0 bridgehead atoms. The van der Waals surface area contributed by atoms with Crippen LogP contribution < -0.4 is 0 Å². The molecule has 0 saturated carbocycles. The highest BCUT2D eigenvalue weighted by atomic mass is 19.1. The molecule has 0 N–H and O–H groups in total. The van der Waals surface area contributed by atoms with Crippen molar-refractivity contribution in [1.82, 2.24) is 4.98 Å². The maximum Gasteiger partial charge on any atom is 0.141 e. The molecule has 0 aliphatic carbocycles. The van der Waals surface area contributed by atoms with Gasteiger partial charge < -0.3 is 0 Å². The molecular weight excluding hydrogens is 165 g/mol. The molecule has 1 heterocycles. The first-order chi connectivity index (χ1) is 6.22. The Labute approximate surface area is 77.3 Å². The Morgan fingerprint density at radius 3 is 2.85 bits per heavy atom. The Morgan fingerprint density at radius 2 is 2.31 bits per heavy atom. The summed E-state index contributed by atoms with van der Waals surface area (Å²) in [6, 6.07) is 2.91. The van der Waals surface area contributed by atoms with Crippen LogP contribution in [0.3, 0.4) is 0 Å². The second-order valence-electron chi connectivity index (χ2n) is 2.58. The largest absolute Gasteiger partial charge is 0.245 e. The minimum Gasteiger partial charge on any atom is -0.245 e. The van der Waals surface area contributed by atoms with Gasteiger partial charge >= 0.3 is 0 Å². The fourth-order valence-electron chi connectivity index (χ4n) is 0.685. The van der Waals surface area contributed by atoms with E-state index in [2.05, 4.69) is 16.8 Å². The Balaban J connectivity index is 2.84. The normalized spacial score (nSPS) is 10.5. The summed E-state index contributed by atoms with van der Waals surface area (Å²) in [7, 11) is 0. The molecule has 0 saturated heterocycles. The predicted molar refractivity (Wildman–Crippen MR) is 50.5 cm³/mol. The van der Waals surface area contributed by atoms with Crippen molar-refractivity contribution in [2.75, 3.05) is 0 Å². The number of aromatic nitrogens is 1. The SMILES string of the molecule is CC=C(C)C#Cc1ccc(F)cn1. The van der Waals surface area contributed by atoms with Gasteiger partial charge in [-0.25, -0.2) is 9.37 Å². The van der Waals surface area contributed by atoms with Crippen molar-refractivity contribution < 1.29 is 4.39 Å². The summed E-state index contributed by atoms with van der Waals surface area (Å²) < 4.78 is 12.4. The average molecular weight is 175 g/mol. The molecule has 1 aromatic rings. The lowest BCUT2D eigenvalue weighted by Crippen LogP contribution is -1.82. The lowest BCUT2D eigenvalue weighted by molar-refractivity contribution is 0.621. The van der Waals surface area contributed by atoms with Gasteiger partial charge in [-0.1, -0.05) is 12.0 Å². The highest BCUT2D eigenvalue weighted by Gasteiger charge is 1.89.